The predicted octanol–water partition coefficient (Wildman–Crippen LogP) is 1.80. The molecule has 0 unspecified atom stereocenters. The van der Waals surface area contributed by atoms with Gasteiger partial charge in [-0.05, 0) is 45.7 Å². The summed E-state index contributed by atoms with van der Waals surface area (Å²) in [7, 11) is 1.98. The second-order valence-electron chi connectivity index (χ2n) is 5.32. The van der Waals surface area contributed by atoms with E-state index >= 15 is 0 Å². The summed E-state index contributed by atoms with van der Waals surface area (Å²) in [5.41, 5.74) is 0.736. The van der Waals surface area contributed by atoms with Crippen LogP contribution in [0.5, 0.6) is 0 Å². The molecule has 0 radical (unpaired) electrons. The first-order chi connectivity index (χ1) is 9.19. The molecule has 0 aromatic carbocycles. The molecular formula is C14H24ClN3O2. The first kappa shape index (κ1) is 17.0. The maximum absolute atomic E-state index is 12.1. The Morgan fingerprint density at radius 1 is 1.50 bits per heavy atom. The van der Waals surface area contributed by atoms with Gasteiger partial charge in [-0.15, -0.1) is 12.4 Å². The molecule has 0 aliphatic carbocycles. The minimum absolute atomic E-state index is 0. The highest BCUT2D eigenvalue weighted by Gasteiger charge is 2.23. The van der Waals surface area contributed by atoms with Crippen LogP contribution in [-0.4, -0.2) is 42.6 Å². The number of aryl methyl sites for hydroxylation is 1. The number of rotatable bonds is 5. The van der Waals surface area contributed by atoms with Crippen LogP contribution < -0.4 is 5.32 Å². The van der Waals surface area contributed by atoms with Gasteiger partial charge >= 0.3 is 0 Å². The van der Waals surface area contributed by atoms with Gasteiger partial charge in [-0.1, -0.05) is 5.16 Å². The molecule has 0 bridgehead atoms. The Labute approximate surface area is 126 Å². The summed E-state index contributed by atoms with van der Waals surface area (Å²) in [4.78, 5) is 14.1. The first-order valence-electron chi connectivity index (χ1n) is 7.03. The maximum atomic E-state index is 12.1. The van der Waals surface area contributed by atoms with Crippen molar-refractivity contribution >= 4 is 18.3 Å². The zero-order chi connectivity index (χ0) is 13.7. The summed E-state index contributed by atoms with van der Waals surface area (Å²) in [6.45, 7) is 4.67. The number of carbonyl (C=O) groups excluding carboxylic acids is 1. The van der Waals surface area contributed by atoms with E-state index in [1.54, 1.807) is 0 Å². The Kier molecular flexibility index (Phi) is 7.02. The Balaban J connectivity index is 0.00000200. The van der Waals surface area contributed by atoms with Crippen LogP contribution in [0.15, 0.2) is 10.6 Å². The monoisotopic (exact) mass is 301 g/mol. The van der Waals surface area contributed by atoms with E-state index in [4.69, 9.17) is 4.52 Å². The fourth-order valence-corrected chi connectivity index (χ4v) is 2.59. The zero-order valence-corrected chi connectivity index (χ0v) is 13.0. The molecule has 0 saturated carbocycles. The fraction of sp³-hybridized carbons (Fsp3) is 0.714. The van der Waals surface area contributed by atoms with E-state index < -0.39 is 0 Å². The molecule has 1 aromatic heterocycles. The molecule has 0 spiro atoms. The van der Waals surface area contributed by atoms with Crippen molar-refractivity contribution in [3.05, 3.63) is 17.5 Å². The second-order valence-corrected chi connectivity index (χ2v) is 5.32. The van der Waals surface area contributed by atoms with E-state index in [1.165, 1.54) is 6.42 Å². The van der Waals surface area contributed by atoms with Crippen molar-refractivity contribution in [2.24, 2.45) is 5.92 Å². The number of aromatic nitrogens is 1. The third kappa shape index (κ3) is 4.80. The lowest BCUT2D eigenvalue weighted by Crippen LogP contribution is -2.39. The second kappa shape index (κ2) is 8.27. The molecule has 1 N–H and O–H groups in total. The van der Waals surface area contributed by atoms with Gasteiger partial charge in [-0.3, -0.25) is 4.79 Å². The number of amides is 1. The number of piperidine rings is 1. The quantitative estimate of drug-likeness (QED) is 0.901. The number of halogens is 1. The van der Waals surface area contributed by atoms with Crippen molar-refractivity contribution < 1.29 is 9.32 Å². The van der Waals surface area contributed by atoms with Crippen LogP contribution in [0, 0.1) is 12.8 Å². The molecule has 2 rings (SSSR count). The summed E-state index contributed by atoms with van der Waals surface area (Å²) in [5, 5.41) is 7.06. The van der Waals surface area contributed by atoms with E-state index in [2.05, 4.69) is 10.5 Å². The van der Waals surface area contributed by atoms with Gasteiger partial charge in [0.25, 0.3) is 0 Å². The van der Waals surface area contributed by atoms with Gasteiger partial charge in [0.2, 0.25) is 5.91 Å². The predicted molar refractivity (Wildman–Crippen MR) is 80.0 cm³/mol. The van der Waals surface area contributed by atoms with Crippen molar-refractivity contribution in [2.75, 3.05) is 26.7 Å². The lowest BCUT2D eigenvalue weighted by Gasteiger charge is -2.32. The topological polar surface area (TPSA) is 58.4 Å². The Morgan fingerprint density at radius 2 is 2.20 bits per heavy atom. The van der Waals surface area contributed by atoms with E-state index in [9.17, 15) is 4.79 Å². The van der Waals surface area contributed by atoms with E-state index in [1.807, 2.05) is 24.9 Å². The molecule has 114 valence electrons. The van der Waals surface area contributed by atoms with Gasteiger partial charge in [0.05, 0.1) is 12.1 Å². The van der Waals surface area contributed by atoms with E-state index in [0.717, 1.165) is 49.8 Å². The van der Waals surface area contributed by atoms with Crippen LogP contribution in [-0.2, 0) is 11.2 Å². The van der Waals surface area contributed by atoms with Crippen LogP contribution in [0.4, 0.5) is 0 Å². The Morgan fingerprint density at radius 3 is 2.75 bits per heavy atom. The highest BCUT2D eigenvalue weighted by molar-refractivity contribution is 5.85. The lowest BCUT2D eigenvalue weighted by atomic mass is 9.93. The summed E-state index contributed by atoms with van der Waals surface area (Å²) < 4.78 is 4.99. The minimum atomic E-state index is 0. The molecule has 1 amide bonds. The maximum Gasteiger partial charge on any atom is 0.228 e. The smallest absolute Gasteiger partial charge is 0.228 e. The van der Waals surface area contributed by atoms with Crippen molar-refractivity contribution in [3.8, 4) is 0 Å². The molecule has 0 atom stereocenters. The van der Waals surface area contributed by atoms with Crippen molar-refractivity contribution in [3.63, 3.8) is 0 Å². The minimum Gasteiger partial charge on any atom is -0.361 e. The standard InChI is InChI=1S/C14H23N3O2.ClH/c1-11-9-13(16-19-11)10-14(18)17-7-4-12(5-8-17)3-6-15-2;/h9,12,15H,3-8,10H2,1-2H3;1H. The lowest BCUT2D eigenvalue weighted by molar-refractivity contribution is -0.131. The number of carbonyl (C=O) groups is 1. The summed E-state index contributed by atoms with van der Waals surface area (Å²) in [6, 6.07) is 1.83. The Bertz CT molecular complexity index is 414. The molecule has 6 heteroatoms. The molecule has 1 aromatic rings. The van der Waals surface area contributed by atoms with Crippen LogP contribution in [0.1, 0.15) is 30.7 Å². The van der Waals surface area contributed by atoms with Gasteiger partial charge in [-0.2, -0.15) is 0 Å². The number of nitrogens with one attached hydrogen (secondary N) is 1. The number of hydrogen-bond acceptors (Lipinski definition) is 4. The molecular weight excluding hydrogens is 278 g/mol. The normalized spacial score (nSPS) is 16.0. The number of nitrogens with zero attached hydrogens (tertiary/aromatic N) is 2. The van der Waals surface area contributed by atoms with Gasteiger partial charge in [-0.25, -0.2) is 0 Å². The largest absolute Gasteiger partial charge is 0.361 e. The van der Waals surface area contributed by atoms with Gasteiger partial charge in [0.15, 0.2) is 0 Å². The average molecular weight is 302 g/mol. The van der Waals surface area contributed by atoms with Crippen LogP contribution in [0.2, 0.25) is 0 Å². The molecule has 1 saturated heterocycles. The summed E-state index contributed by atoms with van der Waals surface area (Å²) in [6.07, 6.45) is 3.80. The van der Waals surface area contributed by atoms with Gasteiger partial charge in [0.1, 0.15) is 5.76 Å². The SMILES string of the molecule is CNCCC1CCN(C(=O)Cc2cc(C)on2)CC1.Cl. The van der Waals surface area contributed by atoms with E-state index in [0.29, 0.717) is 6.42 Å². The van der Waals surface area contributed by atoms with Crippen LogP contribution in [0.25, 0.3) is 0 Å². The summed E-state index contributed by atoms with van der Waals surface area (Å²) >= 11 is 0. The fourth-order valence-electron chi connectivity index (χ4n) is 2.59. The van der Waals surface area contributed by atoms with Gasteiger partial charge in [0, 0.05) is 19.2 Å². The van der Waals surface area contributed by atoms with E-state index in [-0.39, 0.29) is 18.3 Å². The zero-order valence-electron chi connectivity index (χ0n) is 12.2. The highest BCUT2D eigenvalue weighted by atomic mass is 35.5. The molecule has 2 heterocycles. The molecule has 5 nitrogen and oxygen atoms in total. The van der Waals surface area contributed by atoms with Crippen molar-refractivity contribution in [1.82, 2.24) is 15.4 Å². The highest BCUT2D eigenvalue weighted by Crippen LogP contribution is 2.20. The number of hydrogen-bond donors (Lipinski definition) is 1. The molecule has 20 heavy (non-hydrogen) atoms. The Hall–Kier alpha value is -1.07. The average Bonchev–Trinajstić information content (AvgIpc) is 2.82. The third-order valence-corrected chi connectivity index (χ3v) is 3.78. The molecule has 1 aliphatic rings. The molecule has 1 aliphatic heterocycles. The number of likely N-dealkylation sites (tertiary alicyclic amines) is 1. The van der Waals surface area contributed by atoms with Gasteiger partial charge < -0.3 is 14.7 Å². The van der Waals surface area contributed by atoms with Crippen LogP contribution in [0.3, 0.4) is 0 Å². The summed E-state index contributed by atoms with van der Waals surface area (Å²) in [5.74, 6) is 1.68. The van der Waals surface area contributed by atoms with Crippen LogP contribution >= 0.6 is 12.4 Å². The van der Waals surface area contributed by atoms with Crippen molar-refractivity contribution in [1.29, 1.82) is 0 Å². The van der Waals surface area contributed by atoms with Crippen molar-refractivity contribution in [2.45, 2.75) is 32.6 Å². The molecule has 1 fully saturated rings. The first-order valence-corrected chi connectivity index (χ1v) is 7.03. The third-order valence-electron chi connectivity index (χ3n) is 3.78.